The summed E-state index contributed by atoms with van der Waals surface area (Å²) in [5, 5.41) is 7.48. The van der Waals surface area contributed by atoms with Crippen molar-refractivity contribution in [3.63, 3.8) is 0 Å². The molecule has 3 fully saturated rings. The van der Waals surface area contributed by atoms with Crippen molar-refractivity contribution in [2.75, 3.05) is 16.8 Å². The van der Waals surface area contributed by atoms with Crippen LogP contribution in [0.1, 0.15) is 38.5 Å². The molecule has 3 atom stereocenters. The Bertz CT molecular complexity index is 615. The molecule has 1 aromatic rings. The SMILES string of the molecule is O=C1CCCN1c1ccc(NC(=S)N[C@H]2C[C@@H]3CC[C@@H]2C3)cc1. The number of carbonyl (C=O) groups excluding carboxylic acids is 1. The fourth-order valence-corrected chi connectivity index (χ4v) is 4.67. The molecule has 0 aromatic heterocycles. The van der Waals surface area contributed by atoms with Gasteiger partial charge in [0, 0.05) is 30.4 Å². The van der Waals surface area contributed by atoms with Crippen LogP contribution >= 0.6 is 12.2 Å². The lowest BCUT2D eigenvalue weighted by molar-refractivity contribution is -0.117. The van der Waals surface area contributed by atoms with Crippen LogP contribution < -0.4 is 15.5 Å². The number of fused-ring (bicyclic) bond motifs is 2. The zero-order valence-corrected chi connectivity index (χ0v) is 14.1. The smallest absolute Gasteiger partial charge is 0.227 e. The normalized spacial score (nSPS) is 29.1. The van der Waals surface area contributed by atoms with Crippen LogP contribution in [0.3, 0.4) is 0 Å². The van der Waals surface area contributed by atoms with Gasteiger partial charge in [-0.15, -0.1) is 0 Å². The molecule has 5 heteroatoms. The first-order valence-electron chi connectivity index (χ1n) is 8.67. The van der Waals surface area contributed by atoms with Crippen LogP contribution in [0, 0.1) is 11.8 Å². The number of thiocarbonyl (C=S) groups is 1. The number of hydrogen-bond donors (Lipinski definition) is 2. The van der Waals surface area contributed by atoms with Crippen molar-refractivity contribution >= 4 is 34.6 Å². The highest BCUT2D eigenvalue weighted by Gasteiger charge is 2.39. The third-order valence-corrected chi connectivity index (χ3v) is 5.78. The van der Waals surface area contributed by atoms with Gasteiger partial charge in [-0.1, -0.05) is 6.42 Å². The molecule has 1 aliphatic heterocycles. The average Bonchev–Trinajstić information content (AvgIpc) is 3.25. The molecule has 0 unspecified atom stereocenters. The van der Waals surface area contributed by atoms with Crippen LogP contribution in [0.4, 0.5) is 11.4 Å². The topological polar surface area (TPSA) is 44.4 Å². The summed E-state index contributed by atoms with van der Waals surface area (Å²) in [5.41, 5.74) is 1.95. The number of carbonyl (C=O) groups is 1. The lowest BCUT2D eigenvalue weighted by Crippen LogP contribution is -2.40. The molecular formula is C18H23N3OS. The van der Waals surface area contributed by atoms with Gasteiger partial charge in [0.2, 0.25) is 5.91 Å². The van der Waals surface area contributed by atoms with Crippen LogP contribution in [0.15, 0.2) is 24.3 Å². The van der Waals surface area contributed by atoms with Gasteiger partial charge in [0.15, 0.2) is 5.11 Å². The highest BCUT2D eigenvalue weighted by Crippen LogP contribution is 2.44. The van der Waals surface area contributed by atoms with Gasteiger partial charge in [-0.2, -0.15) is 0 Å². The van der Waals surface area contributed by atoms with Crippen LogP contribution in [0.2, 0.25) is 0 Å². The van der Waals surface area contributed by atoms with Crippen molar-refractivity contribution in [2.24, 2.45) is 11.8 Å². The Balaban J connectivity index is 1.33. The van der Waals surface area contributed by atoms with Crippen molar-refractivity contribution in [3.05, 3.63) is 24.3 Å². The summed E-state index contributed by atoms with van der Waals surface area (Å²) in [4.78, 5) is 13.6. The van der Waals surface area contributed by atoms with E-state index in [2.05, 4.69) is 10.6 Å². The van der Waals surface area contributed by atoms with E-state index >= 15 is 0 Å². The quantitative estimate of drug-likeness (QED) is 0.835. The molecule has 1 amide bonds. The second-order valence-electron chi connectivity index (χ2n) is 7.08. The minimum atomic E-state index is 0.221. The molecule has 2 saturated carbocycles. The number of anilines is 2. The Hall–Kier alpha value is -1.62. The molecule has 4 nitrogen and oxygen atoms in total. The molecule has 3 aliphatic rings. The first-order valence-corrected chi connectivity index (χ1v) is 9.08. The highest BCUT2D eigenvalue weighted by atomic mass is 32.1. The third-order valence-electron chi connectivity index (χ3n) is 5.56. The molecule has 1 saturated heterocycles. The Labute approximate surface area is 142 Å². The van der Waals surface area contributed by atoms with Crippen LogP contribution in [-0.2, 0) is 4.79 Å². The van der Waals surface area contributed by atoms with Gasteiger partial charge >= 0.3 is 0 Å². The summed E-state index contributed by atoms with van der Waals surface area (Å²) in [7, 11) is 0. The first-order chi connectivity index (χ1) is 11.2. The Morgan fingerprint density at radius 1 is 1.17 bits per heavy atom. The molecule has 2 N–H and O–H groups in total. The highest BCUT2D eigenvalue weighted by molar-refractivity contribution is 7.80. The molecule has 122 valence electrons. The molecule has 0 radical (unpaired) electrons. The maximum Gasteiger partial charge on any atom is 0.227 e. The number of benzene rings is 1. The van der Waals surface area contributed by atoms with Crippen LogP contribution in [-0.4, -0.2) is 23.6 Å². The number of nitrogens with one attached hydrogen (secondary N) is 2. The van der Waals surface area contributed by atoms with Crippen molar-refractivity contribution < 1.29 is 4.79 Å². The molecule has 0 spiro atoms. The van der Waals surface area contributed by atoms with Gasteiger partial charge in [0.25, 0.3) is 0 Å². The van der Waals surface area contributed by atoms with Gasteiger partial charge in [0.05, 0.1) is 0 Å². The molecule has 2 aliphatic carbocycles. The summed E-state index contributed by atoms with van der Waals surface area (Å²) in [5.74, 6) is 1.94. The minimum absolute atomic E-state index is 0.221. The van der Waals surface area contributed by atoms with E-state index in [1.165, 1.54) is 25.7 Å². The Morgan fingerprint density at radius 3 is 2.61 bits per heavy atom. The van der Waals surface area contributed by atoms with Crippen molar-refractivity contribution in [1.29, 1.82) is 0 Å². The van der Waals surface area contributed by atoms with Gasteiger partial charge in [0.1, 0.15) is 0 Å². The molecular weight excluding hydrogens is 306 g/mol. The van der Waals surface area contributed by atoms with Gasteiger partial charge in [-0.05, 0) is 74.0 Å². The number of hydrogen-bond acceptors (Lipinski definition) is 2. The van der Waals surface area contributed by atoms with E-state index in [9.17, 15) is 4.79 Å². The maximum absolute atomic E-state index is 11.8. The first kappa shape index (κ1) is 14.9. The number of amides is 1. The van der Waals surface area contributed by atoms with Gasteiger partial charge in [-0.25, -0.2) is 0 Å². The summed E-state index contributed by atoms with van der Waals surface area (Å²) in [6.07, 6.45) is 7.01. The van der Waals surface area contributed by atoms with E-state index in [1.807, 2.05) is 29.2 Å². The predicted molar refractivity (Wildman–Crippen MR) is 96.6 cm³/mol. The molecule has 23 heavy (non-hydrogen) atoms. The lowest BCUT2D eigenvalue weighted by Gasteiger charge is -2.24. The largest absolute Gasteiger partial charge is 0.359 e. The average molecular weight is 329 g/mol. The standard InChI is InChI=1S/C18H23N3OS/c22-17-2-1-9-21(17)15-7-5-14(6-8-15)19-18(23)20-16-11-12-3-4-13(16)10-12/h5-8,12-13,16H,1-4,9-11H2,(H2,19,20,23)/t12-,13-,16+/m1/s1. The second-order valence-corrected chi connectivity index (χ2v) is 7.48. The monoisotopic (exact) mass is 329 g/mol. The van der Waals surface area contributed by atoms with Crippen molar-refractivity contribution in [1.82, 2.24) is 5.32 Å². The van der Waals surface area contributed by atoms with Crippen LogP contribution in [0.25, 0.3) is 0 Å². The van der Waals surface area contributed by atoms with E-state index < -0.39 is 0 Å². The second kappa shape index (κ2) is 6.11. The molecule has 1 heterocycles. The van der Waals surface area contributed by atoms with Crippen molar-refractivity contribution in [2.45, 2.75) is 44.6 Å². The Kier molecular flexibility index (Phi) is 3.97. The number of rotatable bonds is 3. The van der Waals surface area contributed by atoms with Gasteiger partial charge in [-0.3, -0.25) is 4.79 Å². The fraction of sp³-hybridized carbons (Fsp3) is 0.556. The van der Waals surface area contributed by atoms with E-state index in [0.29, 0.717) is 17.6 Å². The van der Waals surface area contributed by atoms with E-state index in [-0.39, 0.29) is 5.91 Å². The zero-order valence-electron chi connectivity index (χ0n) is 13.3. The third kappa shape index (κ3) is 3.07. The van der Waals surface area contributed by atoms with Crippen LogP contribution in [0.5, 0.6) is 0 Å². The predicted octanol–water partition coefficient (Wildman–Crippen LogP) is 3.29. The fourth-order valence-electron chi connectivity index (χ4n) is 4.40. The summed E-state index contributed by atoms with van der Waals surface area (Å²) in [6.45, 7) is 0.829. The van der Waals surface area contributed by atoms with E-state index in [0.717, 1.165) is 36.2 Å². The Morgan fingerprint density at radius 2 is 2.00 bits per heavy atom. The summed E-state index contributed by atoms with van der Waals surface area (Å²) in [6, 6.07) is 8.53. The lowest BCUT2D eigenvalue weighted by atomic mass is 9.96. The molecule has 4 rings (SSSR count). The minimum Gasteiger partial charge on any atom is -0.359 e. The molecule has 2 bridgehead atoms. The zero-order chi connectivity index (χ0) is 15.8. The number of nitrogens with zero attached hydrogens (tertiary/aromatic N) is 1. The summed E-state index contributed by atoms with van der Waals surface area (Å²) < 4.78 is 0. The van der Waals surface area contributed by atoms with Gasteiger partial charge < -0.3 is 15.5 Å². The van der Waals surface area contributed by atoms with E-state index in [1.54, 1.807) is 0 Å². The van der Waals surface area contributed by atoms with E-state index in [4.69, 9.17) is 12.2 Å². The maximum atomic E-state index is 11.8. The summed E-state index contributed by atoms with van der Waals surface area (Å²) >= 11 is 5.46. The van der Waals surface area contributed by atoms with Crippen molar-refractivity contribution in [3.8, 4) is 0 Å². The molecule has 1 aromatic carbocycles.